The quantitative estimate of drug-likeness (QED) is 0.746. The number of nitrogens with zero attached hydrogens (tertiary/aromatic N) is 1. The highest BCUT2D eigenvalue weighted by Gasteiger charge is 2.29. The molecule has 0 spiro atoms. The minimum Gasteiger partial charge on any atom is -0.497 e. The summed E-state index contributed by atoms with van der Waals surface area (Å²) < 4.78 is 5.11. The molecule has 0 radical (unpaired) electrons. The molecule has 1 saturated heterocycles. The number of likely N-dealkylation sites (tertiary alicyclic amines) is 1. The van der Waals surface area contributed by atoms with Gasteiger partial charge in [-0.25, -0.2) is 0 Å². The fraction of sp³-hybridized carbons (Fsp3) is 0.364. The van der Waals surface area contributed by atoms with Gasteiger partial charge in [-0.05, 0) is 68.1 Å². The van der Waals surface area contributed by atoms with Crippen LogP contribution >= 0.6 is 11.6 Å². The lowest BCUT2D eigenvalue weighted by molar-refractivity contribution is 0.0575. The lowest BCUT2D eigenvalue weighted by atomic mass is 9.98. The predicted molar refractivity (Wildman–Crippen MR) is 113 cm³/mol. The summed E-state index contributed by atoms with van der Waals surface area (Å²) >= 11 is 6.15. The van der Waals surface area contributed by atoms with Crippen molar-refractivity contribution in [3.8, 4) is 5.75 Å². The van der Waals surface area contributed by atoms with Crippen LogP contribution in [0.1, 0.15) is 46.4 Å². The van der Waals surface area contributed by atoms with Crippen LogP contribution < -0.4 is 10.1 Å². The molecule has 0 saturated carbocycles. The van der Waals surface area contributed by atoms with Crippen molar-refractivity contribution in [2.45, 2.75) is 31.7 Å². The largest absolute Gasteiger partial charge is 0.497 e. The molecule has 1 aliphatic rings. The number of methoxy groups -OCH3 is 1. The number of anilines is 1. The number of carbonyl (C=O) groups excluding carboxylic acids is 2. The molecule has 1 heterocycles. The molecule has 2 aromatic rings. The van der Waals surface area contributed by atoms with Gasteiger partial charge in [0.15, 0.2) is 0 Å². The summed E-state index contributed by atoms with van der Waals surface area (Å²) in [5.74, 6) is 0.147. The fourth-order valence-corrected chi connectivity index (χ4v) is 3.78. The summed E-state index contributed by atoms with van der Waals surface area (Å²) in [6.07, 6.45) is 3.35. The smallest absolute Gasteiger partial charge is 0.256 e. The number of carbonyl (C=O) groups is 2. The van der Waals surface area contributed by atoms with Gasteiger partial charge in [-0.1, -0.05) is 11.6 Å². The first-order valence-electron chi connectivity index (χ1n) is 9.70. The van der Waals surface area contributed by atoms with Gasteiger partial charge in [-0.3, -0.25) is 9.59 Å². The third kappa shape index (κ3) is 5.08. The number of benzene rings is 2. The summed E-state index contributed by atoms with van der Waals surface area (Å²) in [7, 11) is 1.56. The third-order valence-electron chi connectivity index (χ3n) is 5.16. The molecule has 29 heavy (non-hydrogen) atoms. The number of rotatable bonds is 6. The molecular formula is C22H25ClN2O4. The summed E-state index contributed by atoms with van der Waals surface area (Å²) in [6.45, 7) is 0.660. The van der Waals surface area contributed by atoms with Gasteiger partial charge in [0, 0.05) is 29.8 Å². The average molecular weight is 417 g/mol. The SMILES string of the molecule is COc1ccc(C(=O)Nc2ccc(Cl)cc2C(=O)N2CCCC[C@H]2CCO)cc1. The van der Waals surface area contributed by atoms with E-state index >= 15 is 0 Å². The second-order valence-electron chi connectivity index (χ2n) is 7.03. The zero-order valence-corrected chi connectivity index (χ0v) is 17.1. The van der Waals surface area contributed by atoms with Gasteiger partial charge in [0.2, 0.25) is 0 Å². The number of hydrogen-bond donors (Lipinski definition) is 2. The fourth-order valence-electron chi connectivity index (χ4n) is 3.61. The van der Waals surface area contributed by atoms with E-state index in [1.807, 2.05) is 0 Å². The van der Waals surface area contributed by atoms with Crippen molar-refractivity contribution in [2.75, 3.05) is 25.6 Å². The van der Waals surface area contributed by atoms with Crippen LogP contribution in [-0.2, 0) is 0 Å². The molecule has 6 nitrogen and oxygen atoms in total. The van der Waals surface area contributed by atoms with E-state index < -0.39 is 0 Å². The molecule has 3 rings (SSSR count). The first-order chi connectivity index (χ1) is 14.0. The van der Waals surface area contributed by atoms with E-state index in [-0.39, 0.29) is 24.5 Å². The Hall–Kier alpha value is -2.57. The minimum atomic E-state index is -0.324. The molecule has 2 aromatic carbocycles. The van der Waals surface area contributed by atoms with Crippen molar-refractivity contribution < 1.29 is 19.4 Å². The summed E-state index contributed by atoms with van der Waals surface area (Å²) in [5, 5.41) is 12.6. The summed E-state index contributed by atoms with van der Waals surface area (Å²) in [5.41, 5.74) is 1.22. The van der Waals surface area contributed by atoms with E-state index in [1.54, 1.807) is 54.5 Å². The first-order valence-corrected chi connectivity index (χ1v) is 10.1. The predicted octanol–water partition coefficient (Wildman–Crippen LogP) is 3.98. The van der Waals surface area contributed by atoms with E-state index in [0.29, 0.717) is 40.6 Å². The minimum absolute atomic E-state index is 0.00892. The van der Waals surface area contributed by atoms with E-state index in [1.165, 1.54) is 0 Å². The van der Waals surface area contributed by atoms with Crippen LogP contribution in [-0.4, -0.2) is 48.1 Å². The number of ether oxygens (including phenoxy) is 1. The van der Waals surface area contributed by atoms with Crippen LogP contribution in [0.2, 0.25) is 5.02 Å². The molecular weight excluding hydrogens is 392 g/mol. The summed E-state index contributed by atoms with van der Waals surface area (Å²) in [6, 6.07) is 11.6. The maximum atomic E-state index is 13.3. The molecule has 1 aliphatic heterocycles. The maximum Gasteiger partial charge on any atom is 0.256 e. The van der Waals surface area contributed by atoms with Gasteiger partial charge in [0.05, 0.1) is 18.4 Å². The van der Waals surface area contributed by atoms with Gasteiger partial charge in [-0.15, -0.1) is 0 Å². The standard InChI is InChI=1S/C22H25ClN2O4/c1-29-18-8-5-15(6-9-18)21(27)24-20-10-7-16(23)14-19(20)22(28)25-12-3-2-4-17(25)11-13-26/h5-10,14,17,26H,2-4,11-13H2,1H3,(H,24,27)/t17-/m0/s1. The third-order valence-corrected chi connectivity index (χ3v) is 5.40. The van der Waals surface area contributed by atoms with E-state index in [4.69, 9.17) is 16.3 Å². The molecule has 0 unspecified atom stereocenters. The Kier molecular flexibility index (Phi) is 7.12. The Balaban J connectivity index is 1.84. The first kappa shape index (κ1) is 21.1. The normalized spacial score (nSPS) is 16.4. The Morgan fingerprint density at radius 1 is 1.21 bits per heavy atom. The molecule has 0 aromatic heterocycles. The number of aliphatic hydroxyl groups is 1. The highest BCUT2D eigenvalue weighted by atomic mass is 35.5. The summed E-state index contributed by atoms with van der Waals surface area (Å²) in [4.78, 5) is 27.7. The van der Waals surface area contributed by atoms with Crippen molar-refractivity contribution in [2.24, 2.45) is 0 Å². The van der Waals surface area contributed by atoms with Crippen molar-refractivity contribution >= 4 is 29.1 Å². The van der Waals surface area contributed by atoms with Gasteiger partial charge < -0.3 is 20.1 Å². The van der Waals surface area contributed by atoms with Gasteiger partial charge in [-0.2, -0.15) is 0 Å². The Morgan fingerprint density at radius 2 is 1.97 bits per heavy atom. The van der Waals surface area contributed by atoms with Crippen LogP contribution in [0.25, 0.3) is 0 Å². The molecule has 2 amide bonds. The number of amides is 2. The zero-order valence-electron chi connectivity index (χ0n) is 16.4. The van der Waals surface area contributed by atoms with Crippen LogP contribution in [0.15, 0.2) is 42.5 Å². The van der Waals surface area contributed by atoms with E-state index in [9.17, 15) is 14.7 Å². The molecule has 154 valence electrons. The Morgan fingerprint density at radius 3 is 2.66 bits per heavy atom. The van der Waals surface area contributed by atoms with Crippen molar-refractivity contribution in [3.63, 3.8) is 0 Å². The topological polar surface area (TPSA) is 78.9 Å². The highest BCUT2D eigenvalue weighted by Crippen LogP contribution is 2.27. The van der Waals surface area contributed by atoms with Crippen LogP contribution in [0, 0.1) is 0 Å². The van der Waals surface area contributed by atoms with Crippen LogP contribution in [0.3, 0.4) is 0 Å². The molecule has 0 aliphatic carbocycles. The van der Waals surface area contributed by atoms with Gasteiger partial charge in [0.25, 0.3) is 11.8 Å². The number of hydrogen-bond acceptors (Lipinski definition) is 4. The average Bonchev–Trinajstić information content (AvgIpc) is 2.75. The van der Waals surface area contributed by atoms with Crippen LogP contribution in [0.5, 0.6) is 5.75 Å². The zero-order chi connectivity index (χ0) is 20.8. The van der Waals surface area contributed by atoms with Crippen molar-refractivity contribution in [1.29, 1.82) is 0 Å². The van der Waals surface area contributed by atoms with E-state index in [0.717, 1.165) is 19.3 Å². The number of halogens is 1. The number of nitrogens with one attached hydrogen (secondary N) is 1. The Bertz CT molecular complexity index is 868. The monoisotopic (exact) mass is 416 g/mol. The lowest BCUT2D eigenvalue weighted by Gasteiger charge is -2.36. The van der Waals surface area contributed by atoms with Gasteiger partial charge >= 0.3 is 0 Å². The second-order valence-corrected chi connectivity index (χ2v) is 7.47. The van der Waals surface area contributed by atoms with Crippen molar-refractivity contribution in [1.82, 2.24) is 4.90 Å². The molecule has 1 atom stereocenters. The molecule has 0 bridgehead atoms. The molecule has 7 heteroatoms. The molecule has 1 fully saturated rings. The second kappa shape index (κ2) is 9.76. The molecule has 2 N–H and O–H groups in total. The van der Waals surface area contributed by atoms with Crippen LogP contribution in [0.4, 0.5) is 5.69 Å². The highest BCUT2D eigenvalue weighted by molar-refractivity contribution is 6.31. The maximum absolute atomic E-state index is 13.3. The number of piperidine rings is 1. The van der Waals surface area contributed by atoms with Crippen molar-refractivity contribution in [3.05, 3.63) is 58.6 Å². The number of aliphatic hydroxyl groups excluding tert-OH is 1. The van der Waals surface area contributed by atoms with Gasteiger partial charge in [0.1, 0.15) is 5.75 Å². The van der Waals surface area contributed by atoms with E-state index in [2.05, 4.69) is 5.32 Å². The Labute approximate surface area is 175 Å². The lowest BCUT2D eigenvalue weighted by Crippen LogP contribution is -2.44.